The second-order valence-corrected chi connectivity index (χ2v) is 4.28. The van der Waals surface area contributed by atoms with Crippen molar-refractivity contribution in [3.8, 4) is 0 Å². The Hall–Kier alpha value is -1.25. The van der Waals surface area contributed by atoms with Gasteiger partial charge in [0, 0.05) is 24.4 Å². The Morgan fingerprint density at radius 3 is 2.23 bits per heavy atom. The molecule has 1 rings (SSSR count). The van der Waals surface area contributed by atoms with Crippen molar-refractivity contribution in [2.75, 3.05) is 0 Å². The van der Waals surface area contributed by atoms with Crippen LogP contribution in [0.1, 0.15) is 36.8 Å². The van der Waals surface area contributed by atoms with Gasteiger partial charge in [0.1, 0.15) is 0 Å². The zero-order chi connectivity index (χ0) is 10.2. The van der Waals surface area contributed by atoms with Gasteiger partial charge in [0.25, 0.3) is 0 Å². The number of aryl methyl sites for hydroxylation is 1. The first-order valence-electron chi connectivity index (χ1n) is 4.22. The van der Waals surface area contributed by atoms with Crippen LogP contribution in [0.3, 0.4) is 0 Å². The molecular weight excluding hydrogens is 166 g/mol. The molecule has 0 aromatic carbocycles. The van der Waals surface area contributed by atoms with E-state index in [-0.39, 0.29) is 5.41 Å². The Morgan fingerprint density at radius 1 is 1.46 bits per heavy atom. The summed E-state index contributed by atoms with van der Waals surface area (Å²) in [4.78, 5) is 10.7. The summed E-state index contributed by atoms with van der Waals surface area (Å²) in [6.45, 7) is 6.19. The van der Waals surface area contributed by atoms with E-state index in [2.05, 4.69) is 20.8 Å². The second kappa shape index (κ2) is 2.91. The highest BCUT2D eigenvalue weighted by molar-refractivity contribution is 5.87. The first-order chi connectivity index (χ1) is 5.82. The largest absolute Gasteiger partial charge is 0.478 e. The number of nitrogens with zero attached hydrogens (tertiary/aromatic N) is 1. The van der Waals surface area contributed by atoms with Gasteiger partial charge in [-0.15, -0.1) is 0 Å². The number of hydrogen-bond acceptors (Lipinski definition) is 1. The molecule has 72 valence electrons. The number of rotatable bonds is 1. The van der Waals surface area contributed by atoms with E-state index < -0.39 is 5.97 Å². The molecule has 0 saturated carbocycles. The van der Waals surface area contributed by atoms with Crippen molar-refractivity contribution in [3.05, 3.63) is 23.5 Å². The van der Waals surface area contributed by atoms with Gasteiger partial charge in [0.15, 0.2) is 0 Å². The van der Waals surface area contributed by atoms with Crippen molar-refractivity contribution in [3.63, 3.8) is 0 Å². The van der Waals surface area contributed by atoms with Crippen molar-refractivity contribution in [1.82, 2.24) is 4.57 Å². The number of carboxylic acid groups (broad SMARTS) is 1. The molecule has 0 saturated heterocycles. The lowest BCUT2D eigenvalue weighted by molar-refractivity contribution is 0.0697. The van der Waals surface area contributed by atoms with E-state index in [0.717, 1.165) is 5.69 Å². The van der Waals surface area contributed by atoms with Gasteiger partial charge < -0.3 is 9.67 Å². The van der Waals surface area contributed by atoms with E-state index in [0.29, 0.717) is 5.56 Å². The molecular formula is C10H15NO2. The SMILES string of the molecule is Cn1cc(C(=O)O)cc1C(C)(C)C. The normalized spacial score (nSPS) is 11.7. The molecule has 1 aromatic heterocycles. The highest BCUT2D eigenvalue weighted by Crippen LogP contribution is 2.23. The van der Waals surface area contributed by atoms with E-state index in [4.69, 9.17) is 5.11 Å². The van der Waals surface area contributed by atoms with Crippen molar-refractivity contribution in [2.45, 2.75) is 26.2 Å². The van der Waals surface area contributed by atoms with Crippen LogP contribution in [0.2, 0.25) is 0 Å². The lowest BCUT2D eigenvalue weighted by Gasteiger charge is -2.19. The van der Waals surface area contributed by atoms with Crippen LogP contribution in [0.4, 0.5) is 0 Å². The number of carboxylic acids is 1. The minimum Gasteiger partial charge on any atom is -0.478 e. The Balaban J connectivity index is 3.18. The molecule has 1 heterocycles. The maximum absolute atomic E-state index is 10.7. The Bertz CT molecular complexity index is 331. The van der Waals surface area contributed by atoms with Crippen LogP contribution >= 0.6 is 0 Å². The number of aromatic nitrogens is 1. The molecule has 0 aliphatic carbocycles. The number of aromatic carboxylic acids is 1. The Kier molecular flexibility index (Phi) is 2.20. The van der Waals surface area contributed by atoms with Crippen LogP contribution in [0, 0.1) is 0 Å². The molecule has 0 spiro atoms. The second-order valence-electron chi connectivity index (χ2n) is 4.28. The van der Waals surface area contributed by atoms with E-state index in [1.165, 1.54) is 0 Å². The Labute approximate surface area is 78.0 Å². The van der Waals surface area contributed by atoms with Crippen molar-refractivity contribution in [2.24, 2.45) is 7.05 Å². The topological polar surface area (TPSA) is 42.2 Å². The number of carbonyl (C=O) groups is 1. The third kappa shape index (κ3) is 1.91. The monoisotopic (exact) mass is 181 g/mol. The highest BCUT2D eigenvalue weighted by atomic mass is 16.4. The van der Waals surface area contributed by atoms with Gasteiger partial charge in [-0.25, -0.2) is 4.79 Å². The molecule has 0 aliphatic rings. The van der Waals surface area contributed by atoms with Crippen LogP contribution in [-0.2, 0) is 12.5 Å². The molecule has 0 bridgehead atoms. The van der Waals surface area contributed by atoms with Gasteiger partial charge >= 0.3 is 5.97 Å². The minimum absolute atomic E-state index is 0.0115. The molecule has 0 unspecified atom stereocenters. The molecule has 1 N–H and O–H groups in total. The first-order valence-corrected chi connectivity index (χ1v) is 4.22. The molecule has 0 fully saturated rings. The third-order valence-corrected chi connectivity index (χ3v) is 2.02. The van der Waals surface area contributed by atoms with Gasteiger partial charge in [0.2, 0.25) is 0 Å². The smallest absolute Gasteiger partial charge is 0.337 e. The molecule has 0 atom stereocenters. The van der Waals surface area contributed by atoms with Gasteiger partial charge in [-0.05, 0) is 6.07 Å². The summed E-state index contributed by atoms with van der Waals surface area (Å²) < 4.78 is 1.86. The lowest BCUT2D eigenvalue weighted by atomic mass is 9.92. The third-order valence-electron chi connectivity index (χ3n) is 2.02. The summed E-state index contributed by atoms with van der Waals surface area (Å²) >= 11 is 0. The predicted octanol–water partition coefficient (Wildman–Crippen LogP) is 2.02. The summed E-state index contributed by atoms with van der Waals surface area (Å²) in [5.74, 6) is -0.869. The van der Waals surface area contributed by atoms with Gasteiger partial charge in [-0.1, -0.05) is 20.8 Å². The van der Waals surface area contributed by atoms with E-state index in [9.17, 15) is 4.79 Å². The molecule has 13 heavy (non-hydrogen) atoms. The van der Waals surface area contributed by atoms with Crippen molar-refractivity contribution < 1.29 is 9.90 Å². The molecule has 0 aliphatic heterocycles. The average molecular weight is 181 g/mol. The van der Waals surface area contributed by atoms with Gasteiger partial charge in [0.05, 0.1) is 5.56 Å². The minimum atomic E-state index is -0.869. The van der Waals surface area contributed by atoms with Crippen LogP contribution in [0.25, 0.3) is 0 Å². The summed E-state index contributed by atoms with van der Waals surface area (Å²) in [5, 5.41) is 8.77. The molecule has 0 radical (unpaired) electrons. The van der Waals surface area contributed by atoms with Crippen LogP contribution in [0.5, 0.6) is 0 Å². The standard InChI is InChI=1S/C10H15NO2/c1-10(2,3)8-5-7(9(12)13)6-11(8)4/h5-6H,1-4H3,(H,12,13). The van der Waals surface area contributed by atoms with Gasteiger partial charge in [-0.3, -0.25) is 0 Å². The quantitative estimate of drug-likeness (QED) is 0.720. The average Bonchev–Trinajstić information content (AvgIpc) is 2.29. The summed E-state index contributed by atoms with van der Waals surface area (Å²) in [6.07, 6.45) is 1.64. The predicted molar refractivity (Wildman–Crippen MR) is 51.1 cm³/mol. The highest BCUT2D eigenvalue weighted by Gasteiger charge is 2.19. The molecule has 0 amide bonds. The van der Waals surface area contributed by atoms with Crippen molar-refractivity contribution >= 4 is 5.97 Å². The maximum Gasteiger partial charge on any atom is 0.337 e. The van der Waals surface area contributed by atoms with E-state index in [1.54, 1.807) is 12.3 Å². The lowest BCUT2D eigenvalue weighted by Crippen LogP contribution is -2.15. The first kappa shape index (κ1) is 9.84. The summed E-state index contributed by atoms with van der Waals surface area (Å²) in [7, 11) is 1.87. The summed E-state index contributed by atoms with van der Waals surface area (Å²) in [6, 6.07) is 1.72. The summed E-state index contributed by atoms with van der Waals surface area (Å²) in [5.41, 5.74) is 1.37. The number of hydrogen-bond donors (Lipinski definition) is 1. The van der Waals surface area contributed by atoms with Crippen LogP contribution in [-0.4, -0.2) is 15.6 Å². The molecule has 3 heteroatoms. The van der Waals surface area contributed by atoms with E-state index >= 15 is 0 Å². The zero-order valence-corrected chi connectivity index (χ0v) is 8.46. The molecule has 1 aromatic rings. The zero-order valence-electron chi connectivity index (χ0n) is 8.46. The Morgan fingerprint density at radius 2 is 2.00 bits per heavy atom. The fourth-order valence-electron chi connectivity index (χ4n) is 1.43. The van der Waals surface area contributed by atoms with Gasteiger partial charge in [-0.2, -0.15) is 0 Å². The van der Waals surface area contributed by atoms with Crippen LogP contribution < -0.4 is 0 Å². The van der Waals surface area contributed by atoms with E-state index in [1.807, 2.05) is 11.6 Å². The van der Waals surface area contributed by atoms with Crippen LogP contribution in [0.15, 0.2) is 12.3 Å². The molecule has 3 nitrogen and oxygen atoms in total. The fraction of sp³-hybridized carbons (Fsp3) is 0.500. The van der Waals surface area contributed by atoms with Crippen molar-refractivity contribution in [1.29, 1.82) is 0 Å². The maximum atomic E-state index is 10.7. The fourth-order valence-corrected chi connectivity index (χ4v) is 1.43.